The molecule has 0 heterocycles. The molecule has 1 amide bonds. The van der Waals surface area contributed by atoms with Crippen molar-refractivity contribution in [2.75, 3.05) is 0 Å². The Balaban J connectivity index is 2.46. The number of carbonyl (C=O) groups excluding carboxylic acids is 2. The van der Waals surface area contributed by atoms with Gasteiger partial charge in [0.05, 0.1) is 5.57 Å². The van der Waals surface area contributed by atoms with E-state index in [1.165, 1.54) is 0 Å². The first-order valence-corrected chi connectivity index (χ1v) is 6.85. The minimum absolute atomic E-state index is 0.00664. The number of hydrogen-bond donors (Lipinski definition) is 1. The van der Waals surface area contributed by atoms with E-state index in [0.717, 1.165) is 17.6 Å². The molecule has 0 aromatic heterocycles. The monoisotopic (exact) mass is 269 g/mol. The van der Waals surface area contributed by atoms with Gasteiger partial charge in [0.1, 0.15) is 0 Å². The fourth-order valence-corrected chi connectivity index (χ4v) is 2.43. The van der Waals surface area contributed by atoms with E-state index in [1.54, 1.807) is 12.1 Å². The highest BCUT2D eigenvalue weighted by Crippen LogP contribution is 2.35. The van der Waals surface area contributed by atoms with Crippen LogP contribution in [-0.4, -0.2) is 17.7 Å². The number of hydrogen-bond acceptors (Lipinski definition) is 2. The lowest BCUT2D eigenvalue weighted by molar-refractivity contribution is -0.117. The summed E-state index contributed by atoms with van der Waals surface area (Å²) in [6.45, 7) is 7.47. The quantitative estimate of drug-likeness (QED) is 0.659. The average Bonchev–Trinajstić information content (AvgIpc) is 2.69. The maximum atomic E-state index is 12.4. The van der Waals surface area contributed by atoms with E-state index in [4.69, 9.17) is 0 Å². The third kappa shape index (κ3) is 2.57. The topological polar surface area (TPSA) is 46.2 Å². The van der Waals surface area contributed by atoms with Gasteiger partial charge in [0.25, 0.3) is 5.91 Å². The van der Waals surface area contributed by atoms with Crippen LogP contribution in [0.5, 0.6) is 0 Å². The molecule has 1 aliphatic carbocycles. The van der Waals surface area contributed by atoms with Gasteiger partial charge < -0.3 is 5.32 Å². The minimum Gasteiger partial charge on any atom is -0.350 e. The summed E-state index contributed by atoms with van der Waals surface area (Å²) in [5.74, 6) is -0.446. The number of rotatable bonds is 5. The molecule has 0 fully saturated rings. The third-order valence-corrected chi connectivity index (χ3v) is 3.27. The zero-order valence-electron chi connectivity index (χ0n) is 11.9. The number of amides is 1. The lowest BCUT2D eigenvalue weighted by Gasteiger charge is -2.10. The van der Waals surface area contributed by atoms with Crippen LogP contribution >= 0.6 is 0 Å². The Hall–Kier alpha value is -2.16. The summed E-state index contributed by atoms with van der Waals surface area (Å²) >= 11 is 0. The summed E-state index contributed by atoms with van der Waals surface area (Å²) < 4.78 is 0. The molecule has 0 saturated heterocycles. The fourth-order valence-electron chi connectivity index (χ4n) is 2.43. The number of benzene rings is 1. The normalized spacial score (nSPS) is 13.7. The predicted octanol–water partition coefficient (Wildman–Crippen LogP) is 3.13. The Kier molecular flexibility index (Phi) is 4.18. The molecule has 0 saturated carbocycles. The first kappa shape index (κ1) is 14.3. The van der Waals surface area contributed by atoms with Crippen molar-refractivity contribution in [2.24, 2.45) is 0 Å². The van der Waals surface area contributed by atoms with Crippen molar-refractivity contribution in [1.82, 2.24) is 5.32 Å². The van der Waals surface area contributed by atoms with Crippen molar-refractivity contribution >= 4 is 17.3 Å². The van der Waals surface area contributed by atoms with E-state index in [0.29, 0.717) is 17.6 Å². The van der Waals surface area contributed by atoms with Gasteiger partial charge in [0, 0.05) is 11.6 Å². The minimum atomic E-state index is -0.278. The highest BCUT2D eigenvalue weighted by Gasteiger charge is 2.33. The zero-order chi connectivity index (χ0) is 14.7. The Morgan fingerprint density at radius 3 is 2.55 bits per heavy atom. The van der Waals surface area contributed by atoms with Gasteiger partial charge in [-0.3, -0.25) is 9.59 Å². The molecule has 1 aromatic rings. The van der Waals surface area contributed by atoms with Crippen LogP contribution in [0.15, 0.2) is 42.5 Å². The zero-order valence-corrected chi connectivity index (χ0v) is 11.9. The molecule has 0 spiro atoms. The largest absolute Gasteiger partial charge is 0.350 e. The van der Waals surface area contributed by atoms with Gasteiger partial charge in [-0.2, -0.15) is 0 Å². The lowest BCUT2D eigenvalue weighted by atomic mass is 10.0. The molecule has 0 radical (unpaired) electrons. The number of nitrogens with one attached hydrogen (secondary N) is 1. The molecule has 3 heteroatoms. The summed E-state index contributed by atoms with van der Waals surface area (Å²) in [6, 6.07) is 7.41. The van der Waals surface area contributed by atoms with Crippen LogP contribution < -0.4 is 5.32 Å². The summed E-state index contributed by atoms with van der Waals surface area (Å²) in [5.41, 5.74) is 2.64. The molecule has 1 N–H and O–H groups in total. The van der Waals surface area contributed by atoms with Gasteiger partial charge in [-0.1, -0.05) is 30.3 Å². The van der Waals surface area contributed by atoms with Gasteiger partial charge in [-0.05, 0) is 37.8 Å². The first-order valence-electron chi connectivity index (χ1n) is 6.85. The van der Waals surface area contributed by atoms with Crippen LogP contribution in [-0.2, 0) is 4.79 Å². The van der Waals surface area contributed by atoms with Crippen molar-refractivity contribution in [1.29, 1.82) is 0 Å². The third-order valence-electron chi connectivity index (χ3n) is 3.27. The molecule has 1 aromatic carbocycles. The summed E-state index contributed by atoms with van der Waals surface area (Å²) in [7, 11) is 0. The smallest absolute Gasteiger partial charge is 0.255 e. The number of ketones is 1. The Morgan fingerprint density at radius 1 is 1.30 bits per heavy atom. The van der Waals surface area contributed by atoms with Crippen LogP contribution in [0, 0.1) is 0 Å². The van der Waals surface area contributed by atoms with Crippen molar-refractivity contribution < 1.29 is 9.59 Å². The van der Waals surface area contributed by atoms with Gasteiger partial charge in [-0.25, -0.2) is 0 Å². The van der Waals surface area contributed by atoms with Gasteiger partial charge in [-0.15, -0.1) is 6.58 Å². The van der Waals surface area contributed by atoms with Crippen LogP contribution in [0.1, 0.15) is 42.6 Å². The fraction of sp³-hybridized carbons (Fsp3) is 0.294. The molecule has 0 unspecified atom stereocenters. The molecule has 0 aliphatic heterocycles. The van der Waals surface area contributed by atoms with E-state index < -0.39 is 0 Å². The summed E-state index contributed by atoms with van der Waals surface area (Å²) in [4.78, 5) is 24.7. The average molecular weight is 269 g/mol. The second-order valence-corrected chi connectivity index (χ2v) is 5.18. The lowest BCUT2D eigenvalue weighted by Crippen LogP contribution is -2.33. The number of Topliss-reactive ketones (excluding diaryl/α,β-unsaturated/α-hetero) is 1. The number of carbonyl (C=O) groups is 2. The van der Waals surface area contributed by atoms with Gasteiger partial charge in [0.15, 0.2) is 5.78 Å². The molecule has 104 valence electrons. The van der Waals surface area contributed by atoms with Crippen molar-refractivity contribution in [3.63, 3.8) is 0 Å². The SMILES string of the molecule is C=CCCC1=C(C(=O)NC(C)C)C(=O)c2ccccc21. The van der Waals surface area contributed by atoms with Crippen LogP contribution in [0.2, 0.25) is 0 Å². The molecular formula is C17H19NO2. The van der Waals surface area contributed by atoms with Crippen molar-refractivity contribution in [2.45, 2.75) is 32.7 Å². The van der Waals surface area contributed by atoms with E-state index in [9.17, 15) is 9.59 Å². The molecular weight excluding hydrogens is 250 g/mol. The van der Waals surface area contributed by atoms with E-state index in [1.807, 2.05) is 32.0 Å². The summed E-state index contributed by atoms with van der Waals surface area (Å²) in [5, 5.41) is 2.81. The van der Waals surface area contributed by atoms with E-state index in [-0.39, 0.29) is 17.7 Å². The Bertz CT molecular complexity index is 597. The maximum absolute atomic E-state index is 12.4. The van der Waals surface area contributed by atoms with Crippen LogP contribution in [0.25, 0.3) is 5.57 Å². The first-order chi connectivity index (χ1) is 9.56. The number of fused-ring (bicyclic) bond motifs is 1. The molecule has 0 bridgehead atoms. The van der Waals surface area contributed by atoms with Crippen LogP contribution in [0.3, 0.4) is 0 Å². The standard InChI is InChI=1S/C17H19NO2/c1-4-5-8-13-12-9-6-7-10-14(12)16(19)15(13)17(20)18-11(2)3/h4,6-7,9-11H,1,5,8H2,2-3H3,(H,18,20). The second-order valence-electron chi connectivity index (χ2n) is 5.18. The van der Waals surface area contributed by atoms with Gasteiger partial charge in [0.2, 0.25) is 0 Å². The summed E-state index contributed by atoms with van der Waals surface area (Å²) in [6.07, 6.45) is 3.21. The van der Waals surface area contributed by atoms with E-state index >= 15 is 0 Å². The molecule has 2 rings (SSSR count). The van der Waals surface area contributed by atoms with E-state index in [2.05, 4.69) is 11.9 Å². The maximum Gasteiger partial charge on any atom is 0.255 e. The highest BCUT2D eigenvalue weighted by molar-refractivity contribution is 6.34. The Labute approximate surface area is 119 Å². The molecule has 1 aliphatic rings. The molecule has 20 heavy (non-hydrogen) atoms. The Morgan fingerprint density at radius 2 is 1.95 bits per heavy atom. The van der Waals surface area contributed by atoms with Crippen molar-refractivity contribution in [3.8, 4) is 0 Å². The number of allylic oxidation sites excluding steroid dienone is 2. The van der Waals surface area contributed by atoms with Crippen LogP contribution in [0.4, 0.5) is 0 Å². The second kappa shape index (κ2) is 5.87. The van der Waals surface area contributed by atoms with Crippen molar-refractivity contribution in [3.05, 3.63) is 53.6 Å². The molecule has 3 nitrogen and oxygen atoms in total. The van der Waals surface area contributed by atoms with Gasteiger partial charge >= 0.3 is 0 Å². The highest BCUT2D eigenvalue weighted by atomic mass is 16.2. The molecule has 0 atom stereocenters. The predicted molar refractivity (Wildman–Crippen MR) is 80.4 cm³/mol.